The number of hydrogen-bond donors (Lipinski definition) is 1. The van der Waals surface area contributed by atoms with Gasteiger partial charge in [-0.2, -0.15) is 0 Å². The van der Waals surface area contributed by atoms with Crippen LogP contribution < -0.4 is 10.5 Å². The van der Waals surface area contributed by atoms with Gasteiger partial charge in [0.05, 0.1) is 6.61 Å². The summed E-state index contributed by atoms with van der Waals surface area (Å²) in [6, 6.07) is 13.8. The molecule has 1 atom stereocenters. The molecule has 162 valence electrons. The normalized spacial score (nSPS) is 21.3. The minimum atomic E-state index is -1.42. The highest BCUT2D eigenvalue weighted by Crippen LogP contribution is 2.45. The first-order chi connectivity index (χ1) is 15.2. The minimum absolute atomic E-state index is 0.110. The number of benzene rings is 2. The molecule has 0 bridgehead atoms. The number of aliphatic imine (C=N–C) groups is 1. The summed E-state index contributed by atoms with van der Waals surface area (Å²) in [5.74, 6) is 0.199. The van der Waals surface area contributed by atoms with Crippen LogP contribution in [0.5, 0.6) is 5.75 Å². The second-order valence-electron chi connectivity index (χ2n) is 8.86. The number of carbonyl (C=O) groups excluding carboxylic acids is 1. The topological polar surface area (TPSA) is 80.8 Å². The monoisotopic (exact) mass is 430 g/mol. The van der Waals surface area contributed by atoms with Crippen molar-refractivity contribution in [1.82, 2.24) is 9.88 Å². The Morgan fingerprint density at radius 2 is 1.88 bits per heavy atom. The molecule has 0 fully saturated rings. The highest BCUT2D eigenvalue weighted by atomic mass is 19.1. The molecule has 2 N–H and O–H groups in total. The zero-order valence-electron chi connectivity index (χ0n) is 18.1. The fourth-order valence-electron chi connectivity index (χ4n) is 4.42. The van der Waals surface area contributed by atoms with Gasteiger partial charge in [0.15, 0.2) is 11.5 Å². The average Bonchev–Trinajstić information content (AvgIpc) is 3.23. The van der Waals surface area contributed by atoms with Crippen LogP contribution in [0, 0.1) is 5.82 Å². The Kier molecular flexibility index (Phi) is 4.34. The number of fused-ring (bicyclic) bond motifs is 1. The zero-order chi connectivity index (χ0) is 22.7. The maximum Gasteiger partial charge on any atom is 0.266 e. The summed E-state index contributed by atoms with van der Waals surface area (Å²) in [7, 11) is 1.59. The van der Waals surface area contributed by atoms with Crippen LogP contribution >= 0.6 is 0 Å². The molecule has 1 aromatic heterocycles. The quantitative estimate of drug-likeness (QED) is 0.689. The van der Waals surface area contributed by atoms with Gasteiger partial charge >= 0.3 is 0 Å². The van der Waals surface area contributed by atoms with E-state index in [1.807, 2.05) is 18.2 Å². The van der Waals surface area contributed by atoms with Crippen LogP contribution in [-0.2, 0) is 15.7 Å². The molecule has 0 saturated heterocycles. The number of aromatic nitrogens is 1. The summed E-state index contributed by atoms with van der Waals surface area (Å²) in [5, 5.41) is 0. The van der Waals surface area contributed by atoms with E-state index in [0.717, 1.165) is 11.3 Å². The van der Waals surface area contributed by atoms with Crippen molar-refractivity contribution < 1.29 is 13.9 Å². The van der Waals surface area contributed by atoms with Crippen molar-refractivity contribution in [2.45, 2.75) is 24.8 Å². The second kappa shape index (κ2) is 6.88. The molecule has 0 aliphatic carbocycles. The Morgan fingerprint density at radius 3 is 2.56 bits per heavy atom. The predicted molar refractivity (Wildman–Crippen MR) is 120 cm³/mol. The van der Waals surface area contributed by atoms with Crippen LogP contribution in [0.25, 0.3) is 11.1 Å². The van der Waals surface area contributed by atoms with Gasteiger partial charge in [-0.15, -0.1) is 0 Å². The van der Waals surface area contributed by atoms with Gasteiger partial charge in [-0.05, 0) is 41.5 Å². The van der Waals surface area contributed by atoms with E-state index in [2.05, 4.69) is 23.8 Å². The largest absolute Gasteiger partial charge is 0.492 e. The first-order valence-electron chi connectivity index (χ1n) is 10.4. The van der Waals surface area contributed by atoms with Crippen molar-refractivity contribution in [1.29, 1.82) is 0 Å². The maximum absolute atomic E-state index is 14.8. The Morgan fingerprint density at radius 1 is 1.12 bits per heavy atom. The predicted octanol–water partition coefficient (Wildman–Crippen LogP) is 3.59. The molecule has 0 saturated carbocycles. The van der Waals surface area contributed by atoms with E-state index in [1.165, 1.54) is 11.0 Å². The van der Waals surface area contributed by atoms with E-state index >= 15 is 0 Å². The van der Waals surface area contributed by atoms with Crippen LogP contribution in [0.15, 0.2) is 65.9 Å². The third-order valence-corrected chi connectivity index (χ3v) is 6.31. The van der Waals surface area contributed by atoms with E-state index in [9.17, 15) is 9.18 Å². The minimum Gasteiger partial charge on any atom is -0.492 e. The number of nitrogens with two attached hydrogens (primary N) is 1. The van der Waals surface area contributed by atoms with Crippen molar-refractivity contribution >= 4 is 11.9 Å². The van der Waals surface area contributed by atoms with Gasteiger partial charge in [-0.25, -0.2) is 9.38 Å². The van der Waals surface area contributed by atoms with E-state index in [4.69, 9.17) is 10.5 Å². The first-order valence-corrected chi connectivity index (χ1v) is 10.4. The fourth-order valence-corrected chi connectivity index (χ4v) is 4.42. The number of guanidine groups is 1. The number of carbonyl (C=O) groups is 1. The number of amides is 1. The summed E-state index contributed by atoms with van der Waals surface area (Å²) in [6.07, 6.45) is 3.21. The van der Waals surface area contributed by atoms with E-state index in [1.54, 1.807) is 43.7 Å². The van der Waals surface area contributed by atoms with Gasteiger partial charge < -0.3 is 10.5 Å². The van der Waals surface area contributed by atoms with Gasteiger partial charge in [0, 0.05) is 41.5 Å². The van der Waals surface area contributed by atoms with Crippen LogP contribution in [0.1, 0.15) is 30.5 Å². The number of rotatable bonds is 3. The molecule has 5 rings (SSSR count). The SMILES string of the molecule is CN1C(=O)C(c2ccc(F)c(-c3cccnc3)c2)(c2ccc3c(c2)C(C)(C)CO3)N=C1N. The molecule has 2 aliphatic heterocycles. The highest BCUT2D eigenvalue weighted by Gasteiger charge is 2.50. The van der Waals surface area contributed by atoms with Gasteiger partial charge in [-0.3, -0.25) is 14.7 Å². The second-order valence-corrected chi connectivity index (χ2v) is 8.86. The third-order valence-electron chi connectivity index (χ3n) is 6.31. The number of halogens is 1. The summed E-state index contributed by atoms with van der Waals surface area (Å²) in [6.45, 7) is 4.74. The lowest BCUT2D eigenvalue weighted by Crippen LogP contribution is -2.41. The molecule has 3 aromatic rings. The standard InChI is InChI=1S/C25H23FN4O2/c1-24(2)14-32-21-9-7-17(12-19(21)24)25(22(31)30(3)23(27)29-25)16-6-8-20(26)18(11-16)15-5-4-10-28-13-15/h4-13H,14H2,1-3H3,(H2,27,29). The maximum atomic E-state index is 14.8. The molecule has 1 amide bonds. The third kappa shape index (κ3) is 2.81. The van der Waals surface area contributed by atoms with E-state index in [-0.39, 0.29) is 17.3 Å². The Labute approximate surface area is 185 Å². The molecule has 3 heterocycles. The lowest BCUT2D eigenvalue weighted by molar-refractivity contribution is -0.129. The van der Waals surface area contributed by atoms with Gasteiger partial charge in [-0.1, -0.05) is 32.0 Å². The molecule has 1 unspecified atom stereocenters. The van der Waals surface area contributed by atoms with Crippen molar-refractivity contribution in [3.05, 3.63) is 83.4 Å². The summed E-state index contributed by atoms with van der Waals surface area (Å²) in [5.41, 5.74) is 7.63. The summed E-state index contributed by atoms with van der Waals surface area (Å²) >= 11 is 0. The molecule has 32 heavy (non-hydrogen) atoms. The Bertz CT molecular complexity index is 1270. The van der Waals surface area contributed by atoms with Gasteiger partial charge in [0.2, 0.25) is 0 Å². The molecular formula is C25H23FN4O2. The van der Waals surface area contributed by atoms with Crippen LogP contribution in [0.3, 0.4) is 0 Å². The number of pyridine rings is 1. The number of nitrogens with zero attached hydrogens (tertiary/aromatic N) is 3. The highest BCUT2D eigenvalue weighted by molar-refractivity contribution is 6.09. The van der Waals surface area contributed by atoms with Crippen molar-refractivity contribution in [2.24, 2.45) is 10.7 Å². The van der Waals surface area contributed by atoms with Crippen molar-refractivity contribution in [2.75, 3.05) is 13.7 Å². The van der Waals surface area contributed by atoms with Crippen molar-refractivity contribution in [3.8, 4) is 16.9 Å². The summed E-state index contributed by atoms with van der Waals surface area (Å²) in [4.78, 5) is 23.7. The van der Waals surface area contributed by atoms with E-state index in [0.29, 0.717) is 28.9 Å². The van der Waals surface area contributed by atoms with Crippen LogP contribution in [-0.4, -0.2) is 35.4 Å². The van der Waals surface area contributed by atoms with Gasteiger partial charge in [0.25, 0.3) is 5.91 Å². The van der Waals surface area contributed by atoms with Crippen LogP contribution in [0.2, 0.25) is 0 Å². The average molecular weight is 430 g/mol. The molecular weight excluding hydrogens is 407 g/mol. The number of ether oxygens (including phenoxy) is 1. The molecule has 2 aliphatic rings. The van der Waals surface area contributed by atoms with E-state index < -0.39 is 11.4 Å². The number of likely N-dealkylation sites (N-methyl/N-ethyl adjacent to an activating group) is 1. The first kappa shape index (κ1) is 20.2. The fraction of sp³-hybridized carbons (Fsp3) is 0.240. The molecule has 0 radical (unpaired) electrons. The number of hydrogen-bond acceptors (Lipinski definition) is 5. The van der Waals surface area contributed by atoms with Crippen molar-refractivity contribution in [3.63, 3.8) is 0 Å². The Hall–Kier alpha value is -3.74. The molecule has 2 aromatic carbocycles. The lowest BCUT2D eigenvalue weighted by Gasteiger charge is -2.28. The molecule has 7 heteroatoms. The van der Waals surface area contributed by atoms with Crippen LogP contribution in [0.4, 0.5) is 4.39 Å². The smallest absolute Gasteiger partial charge is 0.266 e. The molecule has 6 nitrogen and oxygen atoms in total. The lowest BCUT2D eigenvalue weighted by atomic mass is 9.78. The molecule has 0 spiro atoms. The Balaban J connectivity index is 1.76. The summed E-state index contributed by atoms with van der Waals surface area (Å²) < 4.78 is 20.6. The zero-order valence-corrected chi connectivity index (χ0v) is 18.1. The van der Waals surface area contributed by atoms with Gasteiger partial charge in [0.1, 0.15) is 11.6 Å².